The molecule has 9 aromatic rings. The van der Waals surface area contributed by atoms with Crippen LogP contribution >= 0.6 is 0 Å². The highest BCUT2D eigenvalue weighted by molar-refractivity contribution is 6.29. The quantitative estimate of drug-likeness (QED) is 0.0515. The molecule has 9 heteroatoms. The fraction of sp³-hybridized carbons (Fsp3) is 0. The standard InChI is InChI=1S/C42H26O9/c43-35-31-29(19-6-2-1-3-7-19)32-34(38(46)42(50)40(48)36(32)44)30(33(31)37(45)41(49)39(35)47)24-13-12-20-16-21(10-11-22(20)17-24)23-14-15-28-26(18-23)25-8-4-5-9-27(25)51-28/h1-18,43-50H. The number of furan rings is 1. The van der Waals surface area contributed by atoms with Gasteiger partial charge in [0, 0.05) is 43.4 Å². The third-order valence-electron chi connectivity index (χ3n) is 9.69. The smallest absolute Gasteiger partial charge is 0.204 e. The molecule has 0 fully saturated rings. The average Bonchev–Trinajstić information content (AvgIpc) is 3.54. The lowest BCUT2D eigenvalue weighted by molar-refractivity contribution is 0.350. The number of hydrogen-bond donors (Lipinski definition) is 8. The summed E-state index contributed by atoms with van der Waals surface area (Å²) in [6.45, 7) is 0. The molecule has 0 radical (unpaired) electrons. The van der Waals surface area contributed by atoms with Crippen molar-refractivity contribution < 1.29 is 45.3 Å². The Bertz CT molecular complexity index is 2860. The molecular weight excluding hydrogens is 648 g/mol. The molecule has 1 heterocycles. The third kappa shape index (κ3) is 4.15. The van der Waals surface area contributed by atoms with Crippen molar-refractivity contribution in [2.45, 2.75) is 0 Å². The van der Waals surface area contributed by atoms with Gasteiger partial charge in [0.1, 0.15) is 11.2 Å². The van der Waals surface area contributed by atoms with Crippen LogP contribution in [0.3, 0.4) is 0 Å². The number of hydrogen-bond acceptors (Lipinski definition) is 9. The Kier molecular flexibility index (Phi) is 6.21. The summed E-state index contributed by atoms with van der Waals surface area (Å²) in [5.41, 5.74) is 4.19. The number of phenolic OH excluding ortho intramolecular Hbond substituents is 8. The largest absolute Gasteiger partial charge is 0.504 e. The molecule has 248 valence electrons. The molecule has 0 aliphatic rings. The van der Waals surface area contributed by atoms with Gasteiger partial charge in [0.2, 0.25) is 23.0 Å². The maximum atomic E-state index is 11.4. The van der Waals surface area contributed by atoms with Crippen LogP contribution in [0.25, 0.3) is 87.6 Å². The summed E-state index contributed by atoms with van der Waals surface area (Å²) < 4.78 is 6.00. The van der Waals surface area contributed by atoms with Crippen LogP contribution < -0.4 is 0 Å². The fourth-order valence-electron chi connectivity index (χ4n) is 7.29. The van der Waals surface area contributed by atoms with Crippen LogP contribution in [0.1, 0.15) is 0 Å². The van der Waals surface area contributed by atoms with Crippen molar-refractivity contribution in [3.63, 3.8) is 0 Å². The van der Waals surface area contributed by atoms with Gasteiger partial charge in [-0.15, -0.1) is 0 Å². The molecule has 8 aromatic carbocycles. The van der Waals surface area contributed by atoms with E-state index in [-0.39, 0.29) is 32.7 Å². The molecule has 0 bridgehead atoms. The molecule has 9 nitrogen and oxygen atoms in total. The molecule has 8 N–H and O–H groups in total. The number of fused-ring (bicyclic) bond motifs is 6. The molecule has 0 saturated carbocycles. The minimum Gasteiger partial charge on any atom is -0.504 e. The summed E-state index contributed by atoms with van der Waals surface area (Å²) in [6, 6.07) is 33.3. The van der Waals surface area contributed by atoms with Gasteiger partial charge in [0.15, 0.2) is 23.0 Å². The molecule has 1 aromatic heterocycles. The van der Waals surface area contributed by atoms with Gasteiger partial charge >= 0.3 is 0 Å². The maximum Gasteiger partial charge on any atom is 0.204 e. The summed E-state index contributed by atoms with van der Waals surface area (Å²) in [4.78, 5) is 0. The lowest BCUT2D eigenvalue weighted by Gasteiger charge is -2.22. The van der Waals surface area contributed by atoms with E-state index in [2.05, 4.69) is 6.07 Å². The zero-order chi connectivity index (χ0) is 35.3. The van der Waals surface area contributed by atoms with E-state index in [4.69, 9.17) is 4.42 Å². The molecule has 0 aliphatic heterocycles. The summed E-state index contributed by atoms with van der Waals surface area (Å²) >= 11 is 0. The first-order chi connectivity index (χ1) is 24.6. The van der Waals surface area contributed by atoms with Gasteiger partial charge in [-0.1, -0.05) is 78.9 Å². The van der Waals surface area contributed by atoms with E-state index in [0.717, 1.165) is 43.8 Å². The van der Waals surface area contributed by atoms with Crippen LogP contribution in [0.5, 0.6) is 46.0 Å². The minimum atomic E-state index is -1.01. The predicted octanol–water partition coefficient (Wildman–Crippen LogP) is 9.69. The first kappa shape index (κ1) is 29.8. The normalized spacial score (nSPS) is 11.8. The Hall–Kier alpha value is -7.26. The maximum absolute atomic E-state index is 11.4. The summed E-state index contributed by atoms with van der Waals surface area (Å²) in [7, 11) is 0. The van der Waals surface area contributed by atoms with E-state index in [9.17, 15) is 40.9 Å². The van der Waals surface area contributed by atoms with Crippen LogP contribution in [-0.2, 0) is 0 Å². The Morgan fingerprint density at radius 1 is 0.314 bits per heavy atom. The van der Waals surface area contributed by atoms with Gasteiger partial charge in [-0.2, -0.15) is 0 Å². The Balaban J connectivity index is 1.34. The molecule has 0 atom stereocenters. The van der Waals surface area contributed by atoms with E-state index < -0.39 is 46.0 Å². The zero-order valence-corrected chi connectivity index (χ0v) is 26.4. The number of rotatable bonds is 3. The van der Waals surface area contributed by atoms with E-state index in [0.29, 0.717) is 11.1 Å². The molecule has 9 rings (SSSR count). The Labute approximate surface area is 287 Å². The molecular formula is C42H26O9. The van der Waals surface area contributed by atoms with Crippen LogP contribution in [0, 0.1) is 0 Å². The van der Waals surface area contributed by atoms with Crippen LogP contribution in [0.2, 0.25) is 0 Å². The topological polar surface area (TPSA) is 175 Å². The third-order valence-corrected chi connectivity index (χ3v) is 9.69. The minimum absolute atomic E-state index is 0.00310. The second-order valence-electron chi connectivity index (χ2n) is 12.5. The second kappa shape index (κ2) is 10.6. The van der Waals surface area contributed by atoms with Crippen molar-refractivity contribution in [1.82, 2.24) is 0 Å². The highest BCUT2D eigenvalue weighted by atomic mass is 16.4. The first-order valence-corrected chi connectivity index (χ1v) is 15.9. The van der Waals surface area contributed by atoms with Gasteiger partial charge in [-0.25, -0.2) is 0 Å². The van der Waals surface area contributed by atoms with E-state index in [1.165, 1.54) is 0 Å². The van der Waals surface area contributed by atoms with Crippen LogP contribution in [-0.4, -0.2) is 40.9 Å². The summed E-state index contributed by atoms with van der Waals surface area (Å²) in [6.07, 6.45) is 0. The first-order valence-electron chi connectivity index (χ1n) is 15.9. The lowest BCUT2D eigenvalue weighted by Crippen LogP contribution is -1.94. The van der Waals surface area contributed by atoms with Crippen molar-refractivity contribution in [2.75, 3.05) is 0 Å². The Morgan fingerprint density at radius 3 is 1.33 bits per heavy atom. The molecule has 0 amide bonds. The van der Waals surface area contributed by atoms with Crippen molar-refractivity contribution in [3.8, 4) is 79.4 Å². The summed E-state index contributed by atoms with van der Waals surface area (Å²) in [5.74, 6) is -7.33. The van der Waals surface area contributed by atoms with Crippen LogP contribution in [0.15, 0.2) is 114 Å². The SMILES string of the molecule is Oc1c(O)c(O)c2c(-c3ccc4cc(-c5ccc6oc7ccccc7c6c5)ccc4c3)c3c(O)c(O)c(O)c(O)c3c(-c3ccccc3)c2c1O. The molecule has 0 saturated heterocycles. The van der Waals surface area contributed by atoms with E-state index >= 15 is 0 Å². The van der Waals surface area contributed by atoms with Gasteiger partial charge in [0.25, 0.3) is 0 Å². The number of aromatic hydroxyl groups is 8. The van der Waals surface area contributed by atoms with Crippen molar-refractivity contribution in [2.24, 2.45) is 0 Å². The van der Waals surface area contributed by atoms with Crippen molar-refractivity contribution in [3.05, 3.63) is 109 Å². The fourth-order valence-corrected chi connectivity index (χ4v) is 7.29. The van der Waals surface area contributed by atoms with Crippen molar-refractivity contribution >= 4 is 54.3 Å². The monoisotopic (exact) mass is 674 g/mol. The lowest BCUT2D eigenvalue weighted by atomic mass is 9.83. The van der Waals surface area contributed by atoms with Gasteiger partial charge in [-0.05, 0) is 63.4 Å². The molecule has 0 unspecified atom stereocenters. The number of para-hydroxylation sites is 1. The van der Waals surface area contributed by atoms with E-state index in [1.54, 1.807) is 42.5 Å². The predicted molar refractivity (Wildman–Crippen MR) is 196 cm³/mol. The van der Waals surface area contributed by atoms with E-state index in [1.807, 2.05) is 60.7 Å². The van der Waals surface area contributed by atoms with Crippen molar-refractivity contribution in [1.29, 1.82) is 0 Å². The van der Waals surface area contributed by atoms with Gasteiger partial charge in [0.05, 0.1) is 0 Å². The molecule has 0 spiro atoms. The number of phenols is 8. The van der Waals surface area contributed by atoms with Crippen LogP contribution in [0.4, 0.5) is 0 Å². The van der Waals surface area contributed by atoms with Gasteiger partial charge < -0.3 is 45.3 Å². The highest BCUT2D eigenvalue weighted by Crippen LogP contribution is 2.61. The van der Waals surface area contributed by atoms with Gasteiger partial charge in [-0.3, -0.25) is 0 Å². The average molecular weight is 675 g/mol. The highest BCUT2D eigenvalue weighted by Gasteiger charge is 2.32. The molecule has 0 aliphatic carbocycles. The Morgan fingerprint density at radius 2 is 0.745 bits per heavy atom. The second-order valence-corrected chi connectivity index (χ2v) is 12.5. The summed E-state index contributed by atoms with van der Waals surface area (Å²) in [5, 5.41) is 91.4. The zero-order valence-electron chi connectivity index (χ0n) is 26.4. The molecule has 51 heavy (non-hydrogen) atoms. The number of benzene rings is 8.